The number of cyclic esters (lactones) is 1. The second kappa shape index (κ2) is 1.62. The summed E-state index contributed by atoms with van der Waals surface area (Å²) >= 11 is 0. The normalized spacial score (nSPS) is 32.0. The highest BCUT2D eigenvalue weighted by Crippen LogP contribution is 2.24. The second-order valence-corrected chi connectivity index (χ2v) is 1.83. The molecule has 1 atom stereocenters. The molecule has 0 amide bonds. The van der Waals surface area contributed by atoms with Crippen LogP contribution in [0.25, 0.3) is 0 Å². The van der Waals surface area contributed by atoms with E-state index in [2.05, 4.69) is 4.74 Å². The molecule has 0 aromatic rings. The average Bonchev–Trinajstić information content (AvgIpc) is 1.81. The molecule has 2 nitrogen and oxygen atoms in total. The minimum Gasteiger partial charge on any atom is -0.430 e. The topological polar surface area (TPSA) is 26.3 Å². The summed E-state index contributed by atoms with van der Waals surface area (Å²) in [5.41, 5.74) is 0. The number of carbonyl (C=O) groups is 1. The summed E-state index contributed by atoms with van der Waals surface area (Å²) < 4.78 is 4.62. The van der Waals surface area contributed by atoms with Gasteiger partial charge in [0.05, 0.1) is 0 Å². The van der Waals surface area contributed by atoms with Gasteiger partial charge in [-0.3, -0.25) is 4.79 Å². The van der Waals surface area contributed by atoms with E-state index in [4.69, 9.17) is 0 Å². The van der Waals surface area contributed by atoms with Crippen molar-refractivity contribution < 1.29 is 9.53 Å². The summed E-state index contributed by atoms with van der Waals surface area (Å²) in [4.78, 5) is 10.3. The molecule has 0 aromatic carbocycles. The minimum absolute atomic E-state index is 0.0139. The van der Waals surface area contributed by atoms with Crippen molar-refractivity contribution in [3.05, 3.63) is 11.8 Å². The van der Waals surface area contributed by atoms with Crippen LogP contribution in [0.4, 0.5) is 0 Å². The van der Waals surface area contributed by atoms with E-state index in [1.807, 2.05) is 19.9 Å². The standard InChI is InChI=1S/C6H8O2/c1-3-5-4(2)6(7)8-5/h3-4H,1-2H3/t4-/m0/s1. The number of esters is 1. The van der Waals surface area contributed by atoms with E-state index in [-0.39, 0.29) is 11.9 Å². The van der Waals surface area contributed by atoms with E-state index in [9.17, 15) is 4.79 Å². The molecule has 1 rings (SSSR count). The van der Waals surface area contributed by atoms with E-state index in [0.29, 0.717) is 0 Å². The monoisotopic (exact) mass is 112 g/mol. The van der Waals surface area contributed by atoms with Gasteiger partial charge in [0, 0.05) is 0 Å². The summed E-state index contributed by atoms with van der Waals surface area (Å²) in [6.07, 6.45) is 1.81. The first kappa shape index (κ1) is 5.35. The Hall–Kier alpha value is -0.790. The maximum atomic E-state index is 10.3. The van der Waals surface area contributed by atoms with Crippen molar-refractivity contribution in [3.63, 3.8) is 0 Å². The minimum atomic E-state index is -0.113. The molecule has 0 spiro atoms. The van der Waals surface area contributed by atoms with Crippen LogP contribution < -0.4 is 0 Å². The van der Waals surface area contributed by atoms with Crippen molar-refractivity contribution >= 4 is 5.97 Å². The van der Waals surface area contributed by atoms with E-state index < -0.39 is 0 Å². The molecule has 1 aliphatic rings. The Labute approximate surface area is 48.1 Å². The highest BCUT2D eigenvalue weighted by atomic mass is 16.6. The fourth-order valence-electron chi connectivity index (χ4n) is 0.660. The van der Waals surface area contributed by atoms with Crippen molar-refractivity contribution in [3.8, 4) is 0 Å². The maximum Gasteiger partial charge on any atom is 0.321 e. The smallest absolute Gasteiger partial charge is 0.321 e. The lowest BCUT2D eigenvalue weighted by molar-refractivity contribution is -0.155. The van der Waals surface area contributed by atoms with Gasteiger partial charge in [0.1, 0.15) is 11.7 Å². The summed E-state index contributed by atoms with van der Waals surface area (Å²) in [6, 6.07) is 0. The van der Waals surface area contributed by atoms with Gasteiger partial charge in [-0.2, -0.15) is 0 Å². The van der Waals surface area contributed by atoms with Crippen molar-refractivity contribution in [2.24, 2.45) is 5.92 Å². The molecule has 1 saturated heterocycles. The summed E-state index contributed by atoms with van der Waals surface area (Å²) in [7, 11) is 0. The number of hydrogen-bond acceptors (Lipinski definition) is 2. The molecule has 2 heteroatoms. The summed E-state index contributed by atoms with van der Waals surface area (Å²) in [5, 5.41) is 0. The van der Waals surface area contributed by atoms with Crippen LogP contribution in [0, 0.1) is 5.92 Å². The van der Waals surface area contributed by atoms with Crippen LogP contribution in [0.2, 0.25) is 0 Å². The Balaban J connectivity index is 2.60. The van der Waals surface area contributed by atoms with E-state index in [1.54, 1.807) is 0 Å². The Morgan fingerprint density at radius 2 is 2.38 bits per heavy atom. The van der Waals surface area contributed by atoms with E-state index in [1.165, 1.54) is 0 Å². The summed E-state index contributed by atoms with van der Waals surface area (Å²) in [6.45, 7) is 3.69. The van der Waals surface area contributed by atoms with Crippen LogP contribution in [0.1, 0.15) is 13.8 Å². The van der Waals surface area contributed by atoms with Crippen molar-refractivity contribution in [1.82, 2.24) is 0 Å². The van der Waals surface area contributed by atoms with E-state index in [0.717, 1.165) is 5.76 Å². The lowest BCUT2D eigenvalue weighted by Gasteiger charge is -2.23. The Bertz CT molecular complexity index is 147. The fourth-order valence-corrected chi connectivity index (χ4v) is 0.660. The second-order valence-electron chi connectivity index (χ2n) is 1.83. The molecular formula is C6H8O2. The van der Waals surface area contributed by atoms with Crippen molar-refractivity contribution in [2.75, 3.05) is 0 Å². The van der Waals surface area contributed by atoms with Gasteiger partial charge in [-0.05, 0) is 19.9 Å². The fraction of sp³-hybridized carbons (Fsp3) is 0.500. The first-order valence-corrected chi connectivity index (χ1v) is 2.63. The van der Waals surface area contributed by atoms with Crippen LogP contribution in [0.3, 0.4) is 0 Å². The predicted molar refractivity (Wildman–Crippen MR) is 29.0 cm³/mol. The average molecular weight is 112 g/mol. The van der Waals surface area contributed by atoms with Gasteiger partial charge in [-0.25, -0.2) is 0 Å². The summed E-state index contributed by atoms with van der Waals surface area (Å²) in [5.74, 6) is 0.702. The number of allylic oxidation sites excluding steroid dienone is 1. The zero-order valence-electron chi connectivity index (χ0n) is 4.97. The lowest BCUT2D eigenvalue weighted by Crippen LogP contribution is -2.29. The van der Waals surface area contributed by atoms with Gasteiger partial charge in [0.25, 0.3) is 0 Å². The molecule has 0 unspecified atom stereocenters. The molecule has 0 aliphatic carbocycles. The molecular weight excluding hydrogens is 104 g/mol. The third-order valence-electron chi connectivity index (χ3n) is 1.28. The van der Waals surface area contributed by atoms with Gasteiger partial charge in [0.2, 0.25) is 0 Å². The number of carbonyl (C=O) groups excluding carboxylic acids is 1. The van der Waals surface area contributed by atoms with Crippen LogP contribution in [0.15, 0.2) is 11.8 Å². The molecule has 0 bridgehead atoms. The Morgan fingerprint density at radius 1 is 1.75 bits per heavy atom. The van der Waals surface area contributed by atoms with Crippen molar-refractivity contribution in [2.45, 2.75) is 13.8 Å². The van der Waals surface area contributed by atoms with Gasteiger partial charge in [-0.15, -0.1) is 0 Å². The maximum absolute atomic E-state index is 10.3. The first-order chi connectivity index (χ1) is 3.75. The molecule has 1 heterocycles. The van der Waals surface area contributed by atoms with Crippen LogP contribution >= 0.6 is 0 Å². The highest BCUT2D eigenvalue weighted by Gasteiger charge is 2.31. The zero-order chi connectivity index (χ0) is 6.15. The van der Waals surface area contributed by atoms with Crippen LogP contribution in [-0.4, -0.2) is 5.97 Å². The predicted octanol–water partition coefficient (Wildman–Crippen LogP) is 1.08. The van der Waals surface area contributed by atoms with Gasteiger partial charge in [0.15, 0.2) is 0 Å². The number of ether oxygens (including phenoxy) is 1. The number of rotatable bonds is 0. The molecule has 0 saturated carbocycles. The molecule has 44 valence electrons. The third kappa shape index (κ3) is 0.529. The molecule has 1 aliphatic heterocycles. The Kier molecular flexibility index (Phi) is 1.08. The lowest BCUT2D eigenvalue weighted by atomic mass is 10.1. The molecule has 1 fully saturated rings. The van der Waals surface area contributed by atoms with Crippen LogP contribution in [-0.2, 0) is 9.53 Å². The van der Waals surface area contributed by atoms with E-state index >= 15 is 0 Å². The van der Waals surface area contributed by atoms with Gasteiger partial charge >= 0.3 is 5.97 Å². The zero-order valence-corrected chi connectivity index (χ0v) is 4.97. The SMILES string of the molecule is CC=C1OC(=O)[C@H]1C. The number of hydrogen-bond donors (Lipinski definition) is 0. The third-order valence-corrected chi connectivity index (χ3v) is 1.28. The molecule has 0 aromatic heterocycles. The highest BCUT2D eigenvalue weighted by molar-refractivity contribution is 5.82. The molecule has 0 N–H and O–H groups in total. The van der Waals surface area contributed by atoms with Crippen LogP contribution in [0.5, 0.6) is 0 Å². The van der Waals surface area contributed by atoms with Gasteiger partial charge in [-0.1, -0.05) is 0 Å². The quantitative estimate of drug-likeness (QED) is 0.438. The molecule has 0 radical (unpaired) electrons. The van der Waals surface area contributed by atoms with Crippen molar-refractivity contribution in [1.29, 1.82) is 0 Å². The largest absolute Gasteiger partial charge is 0.430 e. The molecule has 8 heavy (non-hydrogen) atoms. The van der Waals surface area contributed by atoms with Gasteiger partial charge < -0.3 is 4.74 Å². The first-order valence-electron chi connectivity index (χ1n) is 2.63. The Morgan fingerprint density at radius 3 is 2.50 bits per heavy atom.